The third kappa shape index (κ3) is 2.59. The highest BCUT2D eigenvalue weighted by atomic mass is 32.2. The van der Waals surface area contributed by atoms with Gasteiger partial charge in [0.25, 0.3) is 0 Å². The smallest absolute Gasteiger partial charge is 0.242 e. The minimum atomic E-state index is -3.74. The molecule has 0 radical (unpaired) electrons. The van der Waals surface area contributed by atoms with Crippen LogP contribution in [0, 0.1) is 0 Å². The topological polar surface area (TPSA) is 105 Å². The van der Waals surface area contributed by atoms with E-state index in [-0.39, 0.29) is 11.4 Å². The number of rotatable bonds is 4. The van der Waals surface area contributed by atoms with Gasteiger partial charge < -0.3 is 10.8 Å². The van der Waals surface area contributed by atoms with Crippen LogP contribution >= 0.6 is 0 Å². The molecule has 2 aromatic rings. The molecule has 0 unspecified atom stereocenters. The highest BCUT2D eigenvalue weighted by Gasteiger charge is 2.35. The van der Waals surface area contributed by atoms with E-state index < -0.39 is 15.6 Å². The van der Waals surface area contributed by atoms with Gasteiger partial charge in [-0.1, -0.05) is 0 Å². The zero-order valence-corrected chi connectivity index (χ0v) is 12.2. The number of nitrogens with zero attached hydrogens (tertiary/aromatic N) is 1. The Morgan fingerprint density at radius 3 is 2.76 bits per heavy atom. The van der Waals surface area contributed by atoms with Crippen molar-refractivity contribution in [3.8, 4) is 0 Å². The first-order valence-electron chi connectivity index (χ1n) is 6.77. The van der Waals surface area contributed by atoms with Crippen molar-refractivity contribution in [3.05, 3.63) is 30.5 Å². The molecule has 6 nitrogen and oxygen atoms in total. The van der Waals surface area contributed by atoms with Gasteiger partial charge in [0, 0.05) is 23.8 Å². The summed E-state index contributed by atoms with van der Waals surface area (Å²) in [6.07, 6.45) is 3.69. The zero-order chi connectivity index (χ0) is 15.1. The van der Waals surface area contributed by atoms with Crippen LogP contribution in [0.2, 0.25) is 0 Å². The number of hydrogen-bond donors (Lipinski definition) is 3. The lowest BCUT2D eigenvalue weighted by molar-refractivity contribution is -0.0270. The number of nitrogens with one attached hydrogen (secondary N) is 1. The molecule has 0 spiro atoms. The van der Waals surface area contributed by atoms with Crippen molar-refractivity contribution in [2.45, 2.75) is 29.8 Å². The number of anilines is 1. The molecule has 0 bridgehead atoms. The quantitative estimate of drug-likeness (QED) is 0.731. The van der Waals surface area contributed by atoms with E-state index in [0.29, 0.717) is 29.4 Å². The first-order valence-corrected chi connectivity index (χ1v) is 8.25. The van der Waals surface area contributed by atoms with Crippen LogP contribution in [0.1, 0.15) is 19.3 Å². The lowest BCUT2D eigenvalue weighted by Crippen LogP contribution is -2.47. The molecule has 3 rings (SSSR count). The lowest BCUT2D eigenvalue weighted by Gasteiger charge is -2.36. The number of pyridine rings is 1. The largest absolute Gasteiger partial charge is 0.398 e. The van der Waals surface area contributed by atoms with Crippen LogP contribution in [0.3, 0.4) is 0 Å². The van der Waals surface area contributed by atoms with Crippen LogP contribution in [-0.2, 0) is 10.0 Å². The van der Waals surface area contributed by atoms with E-state index in [4.69, 9.17) is 5.73 Å². The van der Waals surface area contributed by atoms with Gasteiger partial charge in [-0.15, -0.1) is 0 Å². The first kappa shape index (κ1) is 14.2. The van der Waals surface area contributed by atoms with E-state index in [1.165, 1.54) is 12.3 Å². The number of aliphatic hydroxyl groups is 1. The van der Waals surface area contributed by atoms with Crippen LogP contribution < -0.4 is 10.5 Å². The standard InChI is InChI=1S/C14H17N3O3S/c15-11-4-5-12(13-10(11)3-1-8-16-13)21(19,20)17-9-14(18)6-2-7-14/h1,3-5,8,17-18H,2,6-7,9,15H2. The van der Waals surface area contributed by atoms with Crippen molar-refractivity contribution in [1.29, 1.82) is 0 Å². The Morgan fingerprint density at radius 2 is 2.10 bits per heavy atom. The SMILES string of the molecule is Nc1ccc(S(=O)(=O)NCC2(O)CCC2)c2ncccc12. The minimum absolute atomic E-state index is 0.0219. The van der Waals surface area contributed by atoms with E-state index in [9.17, 15) is 13.5 Å². The number of benzene rings is 1. The number of fused-ring (bicyclic) bond motifs is 1. The minimum Gasteiger partial charge on any atom is -0.398 e. The highest BCUT2D eigenvalue weighted by Crippen LogP contribution is 2.31. The molecule has 1 fully saturated rings. The second-order valence-electron chi connectivity index (χ2n) is 5.45. The number of nitrogens with two attached hydrogens (primary N) is 1. The summed E-state index contributed by atoms with van der Waals surface area (Å²) in [5.74, 6) is 0. The molecule has 0 amide bonds. The van der Waals surface area contributed by atoms with Crippen LogP contribution in [0.25, 0.3) is 10.9 Å². The van der Waals surface area contributed by atoms with Gasteiger partial charge >= 0.3 is 0 Å². The maximum Gasteiger partial charge on any atom is 0.242 e. The summed E-state index contributed by atoms with van der Waals surface area (Å²) in [7, 11) is -3.74. The summed E-state index contributed by atoms with van der Waals surface area (Å²) >= 11 is 0. The van der Waals surface area contributed by atoms with Gasteiger partial charge in [-0.05, 0) is 43.5 Å². The molecule has 112 valence electrons. The Labute approximate surface area is 123 Å². The fraction of sp³-hybridized carbons (Fsp3) is 0.357. The average molecular weight is 307 g/mol. The molecular weight excluding hydrogens is 290 g/mol. The molecule has 1 aromatic carbocycles. The maximum atomic E-state index is 12.4. The number of hydrogen-bond acceptors (Lipinski definition) is 5. The van der Waals surface area contributed by atoms with Gasteiger partial charge in [-0.25, -0.2) is 13.1 Å². The third-order valence-corrected chi connectivity index (χ3v) is 5.36. The fourth-order valence-corrected chi connectivity index (χ4v) is 3.73. The van der Waals surface area contributed by atoms with Crippen molar-refractivity contribution < 1.29 is 13.5 Å². The van der Waals surface area contributed by atoms with E-state index in [2.05, 4.69) is 9.71 Å². The predicted molar refractivity (Wildman–Crippen MR) is 80.1 cm³/mol. The number of nitrogen functional groups attached to an aromatic ring is 1. The third-order valence-electron chi connectivity index (χ3n) is 3.93. The molecule has 7 heteroatoms. The van der Waals surface area contributed by atoms with Crippen LogP contribution in [0.15, 0.2) is 35.4 Å². The Morgan fingerprint density at radius 1 is 1.33 bits per heavy atom. The van der Waals surface area contributed by atoms with Crippen molar-refractivity contribution in [1.82, 2.24) is 9.71 Å². The van der Waals surface area contributed by atoms with E-state index >= 15 is 0 Å². The first-order chi connectivity index (χ1) is 9.91. The number of sulfonamides is 1. The molecule has 1 aromatic heterocycles. The van der Waals surface area contributed by atoms with Crippen molar-refractivity contribution in [3.63, 3.8) is 0 Å². The second kappa shape index (κ2) is 4.94. The van der Waals surface area contributed by atoms with Gasteiger partial charge in [0.1, 0.15) is 4.90 Å². The second-order valence-corrected chi connectivity index (χ2v) is 7.19. The van der Waals surface area contributed by atoms with Gasteiger partial charge in [-0.3, -0.25) is 4.98 Å². The summed E-state index contributed by atoms with van der Waals surface area (Å²) in [5.41, 5.74) is 5.75. The summed E-state index contributed by atoms with van der Waals surface area (Å²) in [5, 5.41) is 10.6. The maximum absolute atomic E-state index is 12.4. The summed E-state index contributed by atoms with van der Waals surface area (Å²) < 4.78 is 27.4. The summed E-state index contributed by atoms with van der Waals surface area (Å²) in [6, 6.07) is 6.43. The Bertz CT molecular complexity index is 785. The molecular formula is C14H17N3O3S. The van der Waals surface area contributed by atoms with Gasteiger partial charge in [0.15, 0.2) is 0 Å². The van der Waals surface area contributed by atoms with Crippen LogP contribution in [0.4, 0.5) is 5.69 Å². The molecule has 0 atom stereocenters. The number of aromatic nitrogens is 1. The van der Waals surface area contributed by atoms with E-state index in [1.807, 2.05) is 0 Å². The molecule has 1 aliphatic carbocycles. The molecule has 1 saturated carbocycles. The predicted octanol–water partition coefficient (Wildman–Crippen LogP) is 1.01. The van der Waals surface area contributed by atoms with Gasteiger partial charge in [-0.2, -0.15) is 0 Å². The van der Waals surface area contributed by atoms with Crippen molar-refractivity contribution in [2.75, 3.05) is 12.3 Å². The van der Waals surface area contributed by atoms with Gasteiger partial charge in [0.2, 0.25) is 10.0 Å². The molecule has 21 heavy (non-hydrogen) atoms. The molecule has 4 N–H and O–H groups in total. The highest BCUT2D eigenvalue weighted by molar-refractivity contribution is 7.89. The summed E-state index contributed by atoms with van der Waals surface area (Å²) in [6.45, 7) is 0.0219. The normalized spacial score (nSPS) is 17.6. The van der Waals surface area contributed by atoms with Crippen LogP contribution in [-0.4, -0.2) is 30.7 Å². The lowest BCUT2D eigenvalue weighted by atomic mass is 9.81. The Hall–Kier alpha value is -1.70. The molecule has 1 heterocycles. The molecule has 1 aliphatic rings. The van der Waals surface area contributed by atoms with Crippen molar-refractivity contribution >= 4 is 26.6 Å². The fourth-order valence-electron chi connectivity index (χ4n) is 2.45. The summed E-state index contributed by atoms with van der Waals surface area (Å²) in [4.78, 5) is 4.20. The van der Waals surface area contributed by atoms with Crippen LogP contribution in [0.5, 0.6) is 0 Å². The zero-order valence-electron chi connectivity index (χ0n) is 11.4. The van der Waals surface area contributed by atoms with Crippen molar-refractivity contribution in [2.24, 2.45) is 0 Å². The monoisotopic (exact) mass is 307 g/mol. The van der Waals surface area contributed by atoms with E-state index in [0.717, 1.165) is 6.42 Å². The average Bonchev–Trinajstić information content (AvgIpc) is 2.43. The van der Waals surface area contributed by atoms with E-state index in [1.54, 1.807) is 18.2 Å². The molecule has 0 aliphatic heterocycles. The Balaban J connectivity index is 1.97. The molecule has 0 saturated heterocycles. The Kier molecular flexibility index (Phi) is 3.35. The van der Waals surface area contributed by atoms with Gasteiger partial charge in [0.05, 0.1) is 11.1 Å².